The van der Waals surface area contributed by atoms with E-state index in [9.17, 15) is 0 Å². The zero-order valence-corrected chi connectivity index (χ0v) is 10.4. The summed E-state index contributed by atoms with van der Waals surface area (Å²) in [5.41, 5.74) is 0.891. The lowest BCUT2D eigenvalue weighted by molar-refractivity contribution is 0.422. The molecular formula is C12H8ClN5O. The summed E-state index contributed by atoms with van der Waals surface area (Å²) in [7, 11) is 0. The molecule has 94 valence electrons. The smallest absolute Gasteiger partial charge is 0.342 e. The summed E-state index contributed by atoms with van der Waals surface area (Å²) in [4.78, 5) is 11.8. The van der Waals surface area contributed by atoms with E-state index in [1.165, 1.54) is 12.4 Å². The monoisotopic (exact) mass is 273 g/mol. The lowest BCUT2D eigenvalue weighted by atomic mass is 10.3. The minimum atomic E-state index is 0.181. The van der Waals surface area contributed by atoms with Crippen LogP contribution in [0.5, 0.6) is 11.9 Å². The van der Waals surface area contributed by atoms with Gasteiger partial charge in [-0.2, -0.15) is 9.97 Å². The molecule has 6 nitrogen and oxygen atoms in total. The van der Waals surface area contributed by atoms with Crippen LogP contribution in [0.3, 0.4) is 0 Å². The average molecular weight is 274 g/mol. The van der Waals surface area contributed by atoms with Gasteiger partial charge in [-0.25, -0.2) is 4.68 Å². The summed E-state index contributed by atoms with van der Waals surface area (Å²) in [6, 6.07) is 9.77. The first kappa shape index (κ1) is 11.6. The van der Waals surface area contributed by atoms with Crippen molar-refractivity contribution in [3.63, 3.8) is 0 Å². The molecule has 0 aliphatic rings. The van der Waals surface area contributed by atoms with Crippen molar-refractivity contribution in [1.29, 1.82) is 0 Å². The van der Waals surface area contributed by atoms with E-state index < -0.39 is 0 Å². The van der Waals surface area contributed by atoms with Gasteiger partial charge >= 0.3 is 6.01 Å². The highest BCUT2D eigenvalue weighted by molar-refractivity contribution is 6.29. The fourth-order valence-corrected chi connectivity index (χ4v) is 1.61. The van der Waals surface area contributed by atoms with Crippen molar-refractivity contribution in [1.82, 2.24) is 24.7 Å². The van der Waals surface area contributed by atoms with E-state index in [-0.39, 0.29) is 17.0 Å². The van der Waals surface area contributed by atoms with E-state index in [0.29, 0.717) is 0 Å². The van der Waals surface area contributed by atoms with E-state index in [1.54, 1.807) is 11.0 Å². The summed E-state index contributed by atoms with van der Waals surface area (Å²) in [5.74, 6) is 0.248. The highest BCUT2D eigenvalue weighted by Gasteiger charge is 2.06. The molecule has 2 heterocycles. The number of nitrogens with zero attached hydrogens (tertiary/aromatic N) is 5. The Balaban J connectivity index is 1.82. The molecule has 0 N–H and O–H groups in total. The van der Waals surface area contributed by atoms with Crippen LogP contribution in [0.25, 0.3) is 5.69 Å². The second-order valence-corrected chi connectivity index (χ2v) is 3.98. The fraction of sp³-hybridized carbons (Fsp3) is 0. The predicted molar refractivity (Wildman–Crippen MR) is 68.5 cm³/mol. The Hall–Kier alpha value is -2.47. The maximum absolute atomic E-state index is 5.71. The highest BCUT2D eigenvalue weighted by atomic mass is 35.5. The molecule has 0 saturated carbocycles. The van der Waals surface area contributed by atoms with Crippen LogP contribution in [0.15, 0.2) is 49.1 Å². The zero-order chi connectivity index (χ0) is 13.1. The van der Waals surface area contributed by atoms with Gasteiger partial charge in [0.2, 0.25) is 5.88 Å². The number of rotatable bonds is 3. The third-order valence-corrected chi connectivity index (χ3v) is 2.45. The predicted octanol–water partition coefficient (Wildman–Crippen LogP) is 2.50. The average Bonchev–Trinajstić information content (AvgIpc) is 2.88. The van der Waals surface area contributed by atoms with Crippen LogP contribution in [0.1, 0.15) is 0 Å². The van der Waals surface area contributed by atoms with Gasteiger partial charge in [-0.1, -0.05) is 29.8 Å². The molecule has 0 bridgehead atoms. The molecule has 0 atom stereocenters. The van der Waals surface area contributed by atoms with Crippen LogP contribution in [0.4, 0.5) is 0 Å². The highest BCUT2D eigenvalue weighted by Crippen LogP contribution is 2.16. The van der Waals surface area contributed by atoms with Crippen molar-refractivity contribution in [3.8, 4) is 17.6 Å². The Labute approximate surface area is 113 Å². The van der Waals surface area contributed by atoms with Gasteiger partial charge in [-0.3, -0.25) is 4.98 Å². The maximum atomic E-state index is 5.71. The summed E-state index contributed by atoms with van der Waals surface area (Å²) in [6.45, 7) is 0. The Morgan fingerprint density at radius 2 is 1.95 bits per heavy atom. The first-order chi connectivity index (χ1) is 9.31. The molecule has 0 spiro atoms. The van der Waals surface area contributed by atoms with Gasteiger partial charge in [0.05, 0.1) is 18.1 Å². The Kier molecular flexibility index (Phi) is 3.07. The van der Waals surface area contributed by atoms with Crippen molar-refractivity contribution >= 4 is 11.6 Å². The third kappa shape index (κ3) is 2.69. The first-order valence-electron chi connectivity index (χ1n) is 5.44. The fourth-order valence-electron chi connectivity index (χ4n) is 1.47. The van der Waals surface area contributed by atoms with Crippen LogP contribution >= 0.6 is 11.6 Å². The molecule has 0 fully saturated rings. The second kappa shape index (κ2) is 5.03. The molecule has 3 rings (SSSR count). The second-order valence-electron chi connectivity index (χ2n) is 3.59. The molecule has 2 aromatic heterocycles. The summed E-state index contributed by atoms with van der Waals surface area (Å²) >= 11 is 5.71. The van der Waals surface area contributed by atoms with E-state index in [1.807, 2.05) is 30.3 Å². The van der Waals surface area contributed by atoms with Crippen LogP contribution in [-0.2, 0) is 0 Å². The number of benzene rings is 1. The SMILES string of the molecule is Clc1cncc(Oc2ncn(-c3ccccc3)n2)n1. The van der Waals surface area contributed by atoms with E-state index in [2.05, 4.69) is 20.1 Å². The topological polar surface area (TPSA) is 65.7 Å². The third-order valence-electron chi connectivity index (χ3n) is 2.27. The van der Waals surface area contributed by atoms with Crippen LogP contribution < -0.4 is 4.74 Å². The molecule has 0 aliphatic carbocycles. The van der Waals surface area contributed by atoms with Crippen molar-refractivity contribution in [2.75, 3.05) is 0 Å². The molecule has 0 unspecified atom stereocenters. The summed E-state index contributed by atoms with van der Waals surface area (Å²) < 4.78 is 6.96. The zero-order valence-electron chi connectivity index (χ0n) is 9.64. The van der Waals surface area contributed by atoms with Gasteiger partial charge in [0, 0.05) is 0 Å². The lowest BCUT2D eigenvalue weighted by Crippen LogP contribution is -1.95. The molecule has 0 amide bonds. The summed E-state index contributed by atoms with van der Waals surface area (Å²) in [6.07, 6.45) is 4.42. The quantitative estimate of drug-likeness (QED) is 0.733. The van der Waals surface area contributed by atoms with Crippen molar-refractivity contribution in [2.45, 2.75) is 0 Å². The molecule has 1 aromatic carbocycles. The molecule has 7 heteroatoms. The molecule has 3 aromatic rings. The molecule has 0 radical (unpaired) electrons. The van der Waals surface area contributed by atoms with Crippen molar-refractivity contribution in [2.24, 2.45) is 0 Å². The number of hydrogen-bond donors (Lipinski definition) is 0. The number of aromatic nitrogens is 5. The van der Waals surface area contributed by atoms with Crippen molar-refractivity contribution in [3.05, 3.63) is 54.2 Å². The van der Waals surface area contributed by atoms with E-state index in [0.717, 1.165) is 5.69 Å². The molecular weight excluding hydrogens is 266 g/mol. The standard InChI is InChI=1S/C12H8ClN5O/c13-10-6-14-7-11(16-10)19-12-15-8-18(17-12)9-4-2-1-3-5-9/h1-8H. The van der Waals surface area contributed by atoms with Gasteiger partial charge in [-0.15, -0.1) is 5.10 Å². The van der Waals surface area contributed by atoms with Crippen molar-refractivity contribution < 1.29 is 4.74 Å². The Morgan fingerprint density at radius 1 is 1.11 bits per heavy atom. The normalized spacial score (nSPS) is 10.4. The van der Waals surface area contributed by atoms with Crippen LogP contribution in [-0.4, -0.2) is 24.7 Å². The van der Waals surface area contributed by atoms with Gasteiger partial charge in [0.15, 0.2) is 5.15 Å². The minimum Gasteiger partial charge on any atom is -0.402 e. The Morgan fingerprint density at radius 3 is 2.74 bits per heavy atom. The lowest BCUT2D eigenvalue weighted by Gasteiger charge is -1.99. The molecule has 19 heavy (non-hydrogen) atoms. The van der Waals surface area contributed by atoms with Gasteiger partial charge < -0.3 is 4.74 Å². The van der Waals surface area contributed by atoms with Gasteiger partial charge in [-0.05, 0) is 12.1 Å². The largest absolute Gasteiger partial charge is 0.402 e. The van der Waals surface area contributed by atoms with Crippen LogP contribution in [0.2, 0.25) is 5.15 Å². The van der Waals surface area contributed by atoms with E-state index in [4.69, 9.17) is 16.3 Å². The number of para-hydroxylation sites is 1. The maximum Gasteiger partial charge on any atom is 0.342 e. The van der Waals surface area contributed by atoms with Gasteiger partial charge in [0.1, 0.15) is 6.33 Å². The minimum absolute atomic E-state index is 0.181. The molecule has 0 aliphatic heterocycles. The number of halogens is 1. The first-order valence-corrected chi connectivity index (χ1v) is 5.81. The van der Waals surface area contributed by atoms with Gasteiger partial charge in [0.25, 0.3) is 0 Å². The number of hydrogen-bond acceptors (Lipinski definition) is 5. The van der Waals surface area contributed by atoms with E-state index >= 15 is 0 Å². The summed E-state index contributed by atoms with van der Waals surface area (Å²) in [5, 5.41) is 4.43. The number of ether oxygens (including phenoxy) is 1. The van der Waals surface area contributed by atoms with Crippen LogP contribution in [0, 0.1) is 0 Å². The molecule has 0 saturated heterocycles. The Bertz CT molecular complexity index is 685.